The van der Waals surface area contributed by atoms with E-state index < -0.39 is 0 Å². The summed E-state index contributed by atoms with van der Waals surface area (Å²) in [7, 11) is 3.44. The van der Waals surface area contributed by atoms with Gasteiger partial charge in [0.25, 0.3) is 0 Å². The van der Waals surface area contributed by atoms with Gasteiger partial charge < -0.3 is 10.1 Å². The summed E-state index contributed by atoms with van der Waals surface area (Å²) in [4.78, 5) is 0. The van der Waals surface area contributed by atoms with E-state index in [2.05, 4.69) is 15.5 Å². The molecule has 1 N–H and O–H groups in total. The van der Waals surface area contributed by atoms with Crippen LogP contribution in [-0.2, 0) is 0 Å². The van der Waals surface area contributed by atoms with Gasteiger partial charge in [-0.2, -0.15) is 0 Å². The number of nitrogens with one attached hydrogen (secondary N) is 1. The summed E-state index contributed by atoms with van der Waals surface area (Å²) in [5, 5.41) is 12.0. The lowest BCUT2D eigenvalue weighted by Gasteiger charge is -2.14. The molecule has 1 aromatic carbocycles. The summed E-state index contributed by atoms with van der Waals surface area (Å²) in [6.07, 6.45) is 0. The highest BCUT2D eigenvalue weighted by Gasteiger charge is 2.15. The van der Waals surface area contributed by atoms with Crippen molar-refractivity contribution in [1.29, 1.82) is 0 Å². The first kappa shape index (κ1) is 13.6. The monoisotopic (exact) mass is 277 g/mol. The van der Waals surface area contributed by atoms with E-state index in [1.165, 1.54) is 0 Å². The van der Waals surface area contributed by atoms with Crippen LogP contribution < -0.4 is 10.1 Å². The highest BCUT2D eigenvalue weighted by atomic mass is 35.5. The van der Waals surface area contributed by atoms with E-state index in [9.17, 15) is 0 Å². The second-order valence-corrected chi connectivity index (χ2v) is 4.64. The predicted octanol–water partition coefficient (Wildman–Crippen LogP) is 3.46. The maximum Gasteiger partial charge on any atom is 0.148 e. The van der Waals surface area contributed by atoms with Crippen molar-refractivity contribution < 1.29 is 4.74 Å². The van der Waals surface area contributed by atoms with Gasteiger partial charge in [-0.3, -0.25) is 0 Å². The van der Waals surface area contributed by atoms with Crippen LogP contribution in [0.2, 0.25) is 5.02 Å². The fourth-order valence-electron chi connectivity index (χ4n) is 2.00. The Hall–Kier alpha value is -1.81. The molecule has 0 spiro atoms. The number of aryl methyl sites for hydroxylation is 1. The molecule has 0 saturated carbocycles. The minimum absolute atomic E-state index is 0.721. The van der Waals surface area contributed by atoms with E-state index in [-0.39, 0.29) is 0 Å². The highest BCUT2D eigenvalue weighted by Crippen LogP contribution is 2.37. The number of methoxy groups -OCH3 is 1. The molecule has 2 rings (SSSR count). The van der Waals surface area contributed by atoms with Crippen LogP contribution >= 0.6 is 11.6 Å². The number of halogens is 1. The second kappa shape index (κ2) is 5.45. The van der Waals surface area contributed by atoms with Crippen LogP contribution in [0.15, 0.2) is 18.2 Å². The lowest BCUT2D eigenvalue weighted by atomic mass is 10.0. The Morgan fingerprint density at radius 3 is 2.47 bits per heavy atom. The summed E-state index contributed by atoms with van der Waals surface area (Å²) >= 11 is 6.30. The first-order valence-electron chi connectivity index (χ1n) is 5.94. The Morgan fingerprint density at radius 2 is 1.95 bits per heavy atom. The number of ether oxygens (including phenoxy) is 1. The molecule has 100 valence electrons. The van der Waals surface area contributed by atoms with Crippen molar-refractivity contribution in [3.8, 4) is 17.0 Å². The van der Waals surface area contributed by atoms with Crippen LogP contribution in [-0.4, -0.2) is 24.4 Å². The van der Waals surface area contributed by atoms with Crippen molar-refractivity contribution in [2.75, 3.05) is 19.5 Å². The molecule has 0 aliphatic carbocycles. The van der Waals surface area contributed by atoms with Crippen LogP contribution in [0.25, 0.3) is 11.3 Å². The Kier molecular flexibility index (Phi) is 3.90. The van der Waals surface area contributed by atoms with Crippen molar-refractivity contribution in [3.63, 3.8) is 0 Å². The third-order valence-corrected chi connectivity index (χ3v) is 3.62. The van der Waals surface area contributed by atoms with E-state index >= 15 is 0 Å². The Morgan fingerprint density at radius 1 is 1.21 bits per heavy atom. The van der Waals surface area contributed by atoms with Crippen molar-refractivity contribution in [2.45, 2.75) is 13.8 Å². The van der Waals surface area contributed by atoms with Gasteiger partial charge in [-0.1, -0.05) is 11.6 Å². The molecule has 0 amide bonds. The smallest absolute Gasteiger partial charge is 0.148 e. The Balaban J connectivity index is 2.62. The topological polar surface area (TPSA) is 47.0 Å². The first-order chi connectivity index (χ1) is 9.08. The molecule has 0 radical (unpaired) electrons. The van der Waals surface area contributed by atoms with Crippen molar-refractivity contribution in [1.82, 2.24) is 10.2 Å². The molecule has 0 fully saturated rings. The fourth-order valence-corrected chi connectivity index (χ4v) is 2.15. The minimum atomic E-state index is 0.721. The largest absolute Gasteiger partial charge is 0.496 e. The molecule has 2 aromatic rings. The van der Waals surface area contributed by atoms with Gasteiger partial charge in [0.15, 0.2) is 0 Å². The third-order valence-electron chi connectivity index (χ3n) is 3.04. The molecule has 19 heavy (non-hydrogen) atoms. The van der Waals surface area contributed by atoms with E-state index in [0.29, 0.717) is 0 Å². The van der Waals surface area contributed by atoms with Gasteiger partial charge in [0, 0.05) is 17.6 Å². The van der Waals surface area contributed by atoms with Crippen molar-refractivity contribution in [2.24, 2.45) is 0 Å². The normalized spacial score (nSPS) is 10.4. The van der Waals surface area contributed by atoms with Gasteiger partial charge in [-0.25, -0.2) is 0 Å². The van der Waals surface area contributed by atoms with Crippen LogP contribution in [0.1, 0.15) is 11.1 Å². The van der Waals surface area contributed by atoms with Gasteiger partial charge >= 0.3 is 0 Å². The van der Waals surface area contributed by atoms with E-state index in [0.717, 1.165) is 39.0 Å². The first-order valence-corrected chi connectivity index (χ1v) is 6.31. The number of anilines is 1. The fraction of sp³-hybridized carbons (Fsp3) is 0.286. The zero-order valence-electron chi connectivity index (χ0n) is 11.4. The average molecular weight is 278 g/mol. The third kappa shape index (κ3) is 2.49. The van der Waals surface area contributed by atoms with Crippen molar-refractivity contribution >= 4 is 17.4 Å². The summed E-state index contributed by atoms with van der Waals surface area (Å²) in [5.74, 6) is 1.48. The molecule has 1 aromatic heterocycles. The molecular formula is C14H16ClN3O. The summed E-state index contributed by atoms with van der Waals surface area (Å²) < 4.78 is 5.43. The van der Waals surface area contributed by atoms with Crippen LogP contribution in [0.4, 0.5) is 5.82 Å². The molecule has 4 nitrogen and oxygen atoms in total. The summed E-state index contributed by atoms with van der Waals surface area (Å²) in [5.41, 5.74) is 3.56. The number of hydrogen-bond acceptors (Lipinski definition) is 4. The van der Waals surface area contributed by atoms with Gasteiger partial charge in [-0.15, -0.1) is 10.2 Å². The molecule has 0 saturated heterocycles. The minimum Gasteiger partial charge on any atom is -0.496 e. The second-order valence-electron chi connectivity index (χ2n) is 4.26. The zero-order chi connectivity index (χ0) is 14.0. The molecule has 1 heterocycles. The quantitative estimate of drug-likeness (QED) is 0.933. The molecule has 0 atom stereocenters. The zero-order valence-corrected chi connectivity index (χ0v) is 12.2. The molecule has 0 bridgehead atoms. The number of rotatable bonds is 3. The average Bonchev–Trinajstić information content (AvgIpc) is 2.44. The molecule has 0 unspecified atom stereocenters. The standard InChI is InChI=1S/C14H16ClN3O/c1-8-7-11(19-4)13(9(2)14(8)15)10-5-6-12(16-3)18-17-10/h5-7H,1-4H3,(H,16,18). The predicted molar refractivity (Wildman–Crippen MR) is 78.1 cm³/mol. The van der Waals surface area contributed by atoms with E-state index in [1.807, 2.05) is 32.0 Å². The maximum atomic E-state index is 6.30. The number of benzene rings is 1. The van der Waals surface area contributed by atoms with E-state index in [1.54, 1.807) is 14.2 Å². The number of aromatic nitrogens is 2. The van der Waals surface area contributed by atoms with Crippen LogP contribution in [0.5, 0.6) is 5.75 Å². The van der Waals surface area contributed by atoms with Gasteiger partial charge in [0.1, 0.15) is 11.6 Å². The van der Waals surface area contributed by atoms with Gasteiger partial charge in [0.2, 0.25) is 0 Å². The van der Waals surface area contributed by atoms with Crippen LogP contribution in [0, 0.1) is 13.8 Å². The van der Waals surface area contributed by atoms with E-state index in [4.69, 9.17) is 16.3 Å². The van der Waals surface area contributed by atoms with Crippen LogP contribution in [0.3, 0.4) is 0 Å². The Labute approximate surface area is 117 Å². The number of nitrogens with zero attached hydrogens (tertiary/aromatic N) is 2. The lowest BCUT2D eigenvalue weighted by Crippen LogP contribution is -1.99. The summed E-state index contributed by atoms with van der Waals surface area (Å²) in [6.45, 7) is 3.91. The summed E-state index contributed by atoms with van der Waals surface area (Å²) in [6, 6.07) is 5.68. The molecule has 0 aliphatic rings. The molecule has 5 heteroatoms. The highest BCUT2D eigenvalue weighted by molar-refractivity contribution is 6.32. The lowest BCUT2D eigenvalue weighted by molar-refractivity contribution is 0.415. The number of hydrogen-bond donors (Lipinski definition) is 1. The maximum absolute atomic E-state index is 6.30. The van der Waals surface area contributed by atoms with Gasteiger partial charge in [-0.05, 0) is 43.2 Å². The van der Waals surface area contributed by atoms with Crippen molar-refractivity contribution in [3.05, 3.63) is 34.3 Å². The molecular weight excluding hydrogens is 262 g/mol. The molecule has 0 aliphatic heterocycles. The van der Waals surface area contributed by atoms with Gasteiger partial charge in [0.05, 0.1) is 12.8 Å². The SMILES string of the molecule is CNc1ccc(-c2c(OC)cc(C)c(Cl)c2C)nn1. The Bertz CT molecular complexity index is 597.